The molecule has 1 fully saturated rings. The number of urea groups is 1. The van der Waals surface area contributed by atoms with E-state index in [2.05, 4.69) is 10.6 Å². The largest absolute Gasteiger partial charge is 0.335 e. The van der Waals surface area contributed by atoms with Crippen LogP contribution in [-0.4, -0.2) is 23.6 Å². The standard InChI is InChI=1S/C14H16FN3OS/c15-13-2-1-10(8-16)7-11(13)9-17-14(19)18-12-3-5-20-6-4-12/h1-2,7,12H,3-6,9H2,(H2,17,18,19). The summed E-state index contributed by atoms with van der Waals surface area (Å²) >= 11 is 1.89. The maximum Gasteiger partial charge on any atom is 0.315 e. The van der Waals surface area contributed by atoms with E-state index in [0.29, 0.717) is 11.1 Å². The SMILES string of the molecule is N#Cc1ccc(F)c(CNC(=O)NC2CCSCC2)c1. The number of hydrogen-bond acceptors (Lipinski definition) is 3. The molecular formula is C14H16FN3OS. The first-order chi connectivity index (χ1) is 9.69. The van der Waals surface area contributed by atoms with Gasteiger partial charge in [0.15, 0.2) is 0 Å². The lowest BCUT2D eigenvalue weighted by molar-refractivity contribution is 0.235. The van der Waals surface area contributed by atoms with E-state index >= 15 is 0 Å². The average molecular weight is 293 g/mol. The summed E-state index contributed by atoms with van der Waals surface area (Å²) in [5.41, 5.74) is 0.700. The normalized spacial score (nSPS) is 15.4. The summed E-state index contributed by atoms with van der Waals surface area (Å²) in [5, 5.41) is 14.3. The monoisotopic (exact) mass is 293 g/mol. The Kier molecular flexibility index (Phi) is 5.24. The molecule has 1 heterocycles. The van der Waals surface area contributed by atoms with Crippen molar-refractivity contribution < 1.29 is 9.18 Å². The molecule has 0 unspecified atom stereocenters. The number of thioether (sulfide) groups is 1. The number of halogens is 1. The molecule has 20 heavy (non-hydrogen) atoms. The Hall–Kier alpha value is -1.74. The second-order valence-corrected chi connectivity index (χ2v) is 5.86. The van der Waals surface area contributed by atoms with E-state index < -0.39 is 5.82 Å². The number of rotatable bonds is 3. The van der Waals surface area contributed by atoms with Crippen molar-refractivity contribution in [3.63, 3.8) is 0 Å². The van der Waals surface area contributed by atoms with Gasteiger partial charge in [-0.3, -0.25) is 0 Å². The summed E-state index contributed by atoms with van der Waals surface area (Å²) in [6.07, 6.45) is 1.94. The van der Waals surface area contributed by atoms with E-state index in [-0.39, 0.29) is 18.6 Å². The molecule has 0 aliphatic carbocycles. The zero-order valence-corrected chi connectivity index (χ0v) is 11.8. The Balaban J connectivity index is 1.85. The lowest BCUT2D eigenvalue weighted by Crippen LogP contribution is -2.43. The molecule has 6 heteroatoms. The van der Waals surface area contributed by atoms with E-state index in [9.17, 15) is 9.18 Å². The molecule has 4 nitrogen and oxygen atoms in total. The minimum Gasteiger partial charge on any atom is -0.335 e. The van der Waals surface area contributed by atoms with Gasteiger partial charge in [0.05, 0.1) is 11.6 Å². The van der Waals surface area contributed by atoms with Crippen LogP contribution in [0.5, 0.6) is 0 Å². The second-order valence-electron chi connectivity index (χ2n) is 4.63. The fourth-order valence-corrected chi connectivity index (χ4v) is 3.14. The van der Waals surface area contributed by atoms with Crippen LogP contribution in [0, 0.1) is 17.1 Å². The molecule has 1 saturated heterocycles. The van der Waals surface area contributed by atoms with Crippen LogP contribution in [0.3, 0.4) is 0 Å². The fourth-order valence-electron chi connectivity index (χ4n) is 2.03. The smallest absolute Gasteiger partial charge is 0.315 e. The molecular weight excluding hydrogens is 277 g/mol. The molecule has 0 saturated carbocycles. The Bertz CT molecular complexity index is 524. The highest BCUT2D eigenvalue weighted by molar-refractivity contribution is 7.99. The molecule has 2 rings (SSSR count). The van der Waals surface area contributed by atoms with Gasteiger partial charge in [-0.2, -0.15) is 17.0 Å². The van der Waals surface area contributed by atoms with E-state index in [1.807, 2.05) is 17.8 Å². The van der Waals surface area contributed by atoms with Crippen molar-refractivity contribution in [1.29, 1.82) is 5.26 Å². The highest BCUT2D eigenvalue weighted by Crippen LogP contribution is 2.16. The van der Waals surface area contributed by atoms with Crippen molar-refractivity contribution in [2.45, 2.75) is 25.4 Å². The van der Waals surface area contributed by atoms with Crippen LogP contribution in [-0.2, 0) is 6.54 Å². The van der Waals surface area contributed by atoms with E-state index in [1.165, 1.54) is 18.2 Å². The van der Waals surface area contributed by atoms with E-state index in [0.717, 1.165) is 24.3 Å². The zero-order valence-electron chi connectivity index (χ0n) is 11.0. The molecule has 2 N–H and O–H groups in total. The number of benzene rings is 1. The summed E-state index contributed by atoms with van der Waals surface area (Å²) in [4.78, 5) is 11.7. The van der Waals surface area contributed by atoms with Gasteiger partial charge in [-0.1, -0.05) is 0 Å². The summed E-state index contributed by atoms with van der Waals surface area (Å²) < 4.78 is 13.5. The Morgan fingerprint density at radius 1 is 1.45 bits per heavy atom. The molecule has 2 amide bonds. The topological polar surface area (TPSA) is 64.9 Å². The number of nitrogens with zero attached hydrogens (tertiary/aromatic N) is 1. The molecule has 0 spiro atoms. The molecule has 0 radical (unpaired) electrons. The van der Waals surface area contributed by atoms with Crippen LogP contribution < -0.4 is 10.6 Å². The van der Waals surface area contributed by atoms with Gasteiger partial charge in [-0.15, -0.1) is 0 Å². The van der Waals surface area contributed by atoms with Gasteiger partial charge < -0.3 is 10.6 Å². The third kappa shape index (κ3) is 4.14. The maximum atomic E-state index is 13.5. The van der Waals surface area contributed by atoms with Crippen molar-refractivity contribution in [3.05, 3.63) is 35.1 Å². The third-order valence-corrected chi connectivity index (χ3v) is 4.22. The quantitative estimate of drug-likeness (QED) is 0.899. The minimum atomic E-state index is -0.418. The highest BCUT2D eigenvalue weighted by Gasteiger charge is 2.15. The van der Waals surface area contributed by atoms with Crippen molar-refractivity contribution in [2.75, 3.05) is 11.5 Å². The highest BCUT2D eigenvalue weighted by atomic mass is 32.2. The van der Waals surface area contributed by atoms with Gasteiger partial charge >= 0.3 is 6.03 Å². The second kappa shape index (κ2) is 7.15. The van der Waals surface area contributed by atoms with Gasteiger partial charge in [-0.05, 0) is 42.5 Å². The first-order valence-electron chi connectivity index (χ1n) is 6.49. The number of nitriles is 1. The average Bonchev–Trinajstić information content (AvgIpc) is 2.47. The summed E-state index contributed by atoms with van der Waals surface area (Å²) in [5.74, 6) is 1.70. The lowest BCUT2D eigenvalue weighted by atomic mass is 10.1. The molecule has 1 aliphatic rings. The first kappa shape index (κ1) is 14.7. The number of amides is 2. The molecule has 0 aromatic heterocycles. The maximum absolute atomic E-state index is 13.5. The van der Waals surface area contributed by atoms with Crippen molar-refractivity contribution in [2.24, 2.45) is 0 Å². The molecule has 1 aromatic rings. The Morgan fingerprint density at radius 3 is 2.90 bits per heavy atom. The van der Waals surface area contributed by atoms with Crippen LogP contribution in [0.25, 0.3) is 0 Å². The van der Waals surface area contributed by atoms with Crippen LogP contribution in [0.2, 0.25) is 0 Å². The van der Waals surface area contributed by atoms with Crippen molar-refractivity contribution >= 4 is 17.8 Å². The van der Waals surface area contributed by atoms with Gasteiger partial charge in [0.1, 0.15) is 5.82 Å². The van der Waals surface area contributed by atoms with Crippen LogP contribution >= 0.6 is 11.8 Å². The molecule has 0 atom stereocenters. The first-order valence-corrected chi connectivity index (χ1v) is 7.65. The summed E-state index contributed by atoms with van der Waals surface area (Å²) in [6.45, 7) is 0.0780. The third-order valence-electron chi connectivity index (χ3n) is 3.17. The van der Waals surface area contributed by atoms with Gasteiger partial charge in [0, 0.05) is 18.2 Å². The van der Waals surface area contributed by atoms with Crippen LogP contribution in [0.1, 0.15) is 24.0 Å². The van der Waals surface area contributed by atoms with Gasteiger partial charge in [0.25, 0.3) is 0 Å². The lowest BCUT2D eigenvalue weighted by Gasteiger charge is -2.22. The van der Waals surface area contributed by atoms with Crippen LogP contribution in [0.4, 0.5) is 9.18 Å². The number of nitrogens with one attached hydrogen (secondary N) is 2. The molecule has 1 aliphatic heterocycles. The number of carbonyl (C=O) groups excluding carboxylic acids is 1. The van der Waals surface area contributed by atoms with Crippen molar-refractivity contribution in [3.8, 4) is 6.07 Å². The van der Waals surface area contributed by atoms with Crippen LogP contribution in [0.15, 0.2) is 18.2 Å². The Labute approximate surface area is 121 Å². The number of hydrogen-bond donors (Lipinski definition) is 2. The van der Waals surface area contributed by atoms with Crippen molar-refractivity contribution in [1.82, 2.24) is 10.6 Å². The van der Waals surface area contributed by atoms with E-state index in [4.69, 9.17) is 5.26 Å². The predicted octanol–water partition coefficient (Wildman–Crippen LogP) is 2.39. The zero-order chi connectivity index (χ0) is 14.4. The molecule has 106 valence electrons. The summed E-state index contributed by atoms with van der Waals surface area (Å²) in [7, 11) is 0. The van der Waals surface area contributed by atoms with Gasteiger partial charge in [0.2, 0.25) is 0 Å². The minimum absolute atomic E-state index is 0.0780. The van der Waals surface area contributed by atoms with E-state index in [1.54, 1.807) is 0 Å². The fraction of sp³-hybridized carbons (Fsp3) is 0.429. The number of carbonyl (C=O) groups is 1. The Morgan fingerprint density at radius 2 is 2.20 bits per heavy atom. The van der Waals surface area contributed by atoms with Gasteiger partial charge in [-0.25, -0.2) is 9.18 Å². The molecule has 0 bridgehead atoms. The summed E-state index contributed by atoms with van der Waals surface area (Å²) in [6, 6.07) is 5.97. The molecule has 1 aromatic carbocycles. The predicted molar refractivity (Wildman–Crippen MR) is 76.8 cm³/mol.